The van der Waals surface area contributed by atoms with Crippen molar-refractivity contribution >= 4 is 11.6 Å². The van der Waals surface area contributed by atoms with Crippen LogP contribution in [0, 0.1) is 0 Å². The maximum atomic E-state index is 6.03. The number of hydrogen-bond acceptors (Lipinski definition) is 4. The first-order valence-electron chi connectivity index (χ1n) is 5.84. The predicted molar refractivity (Wildman–Crippen MR) is 68.6 cm³/mol. The molecule has 0 unspecified atom stereocenters. The molecule has 0 aliphatic carbocycles. The molecule has 0 saturated carbocycles. The van der Waals surface area contributed by atoms with Crippen LogP contribution in [0.4, 0.5) is 0 Å². The molecule has 1 aromatic rings. The van der Waals surface area contributed by atoms with Gasteiger partial charge in [0.05, 0.1) is 17.3 Å². The average Bonchev–Trinajstić information content (AvgIpc) is 2.35. The Kier molecular flexibility index (Phi) is 6.93. The Morgan fingerprint density at radius 2 is 2.12 bits per heavy atom. The van der Waals surface area contributed by atoms with Gasteiger partial charge in [0, 0.05) is 19.2 Å². The molecule has 0 bridgehead atoms. The third-order valence-corrected chi connectivity index (χ3v) is 2.46. The lowest BCUT2D eigenvalue weighted by atomic mass is 10.3. The van der Waals surface area contributed by atoms with Crippen molar-refractivity contribution in [3.05, 3.63) is 22.8 Å². The number of halogens is 1. The van der Waals surface area contributed by atoms with Crippen LogP contribution in [0.3, 0.4) is 0 Å². The number of ether oxygens (including phenoxy) is 2. The molecule has 17 heavy (non-hydrogen) atoms. The average molecular weight is 259 g/mol. The monoisotopic (exact) mass is 258 g/mol. The minimum Gasteiger partial charge on any atom is -0.475 e. The summed E-state index contributed by atoms with van der Waals surface area (Å²) in [6, 6.07) is 3.57. The lowest BCUT2D eigenvalue weighted by Crippen LogP contribution is -2.14. The summed E-state index contributed by atoms with van der Waals surface area (Å²) in [5.41, 5.74) is 0.808. The summed E-state index contributed by atoms with van der Waals surface area (Å²) < 4.78 is 10.6. The highest BCUT2D eigenvalue weighted by Gasteiger charge is 2.04. The first kappa shape index (κ1) is 14.2. The summed E-state index contributed by atoms with van der Waals surface area (Å²) >= 11 is 6.03. The Labute approximate surface area is 107 Å². The quantitative estimate of drug-likeness (QED) is 0.727. The van der Waals surface area contributed by atoms with Crippen LogP contribution in [0.2, 0.25) is 5.02 Å². The molecule has 0 amide bonds. The first-order valence-corrected chi connectivity index (χ1v) is 6.22. The van der Waals surface area contributed by atoms with Crippen molar-refractivity contribution in [1.29, 1.82) is 0 Å². The zero-order valence-corrected chi connectivity index (χ0v) is 11.1. The van der Waals surface area contributed by atoms with Gasteiger partial charge in [-0.1, -0.05) is 18.5 Å². The highest BCUT2D eigenvalue weighted by atomic mass is 35.5. The Morgan fingerprint density at radius 1 is 1.29 bits per heavy atom. The smallest absolute Gasteiger partial charge is 0.213 e. The summed E-state index contributed by atoms with van der Waals surface area (Å²) in [5, 5.41) is 3.84. The van der Waals surface area contributed by atoms with Crippen LogP contribution < -0.4 is 10.1 Å². The van der Waals surface area contributed by atoms with Crippen LogP contribution in [-0.2, 0) is 11.3 Å². The van der Waals surface area contributed by atoms with E-state index in [1.165, 1.54) is 0 Å². The van der Waals surface area contributed by atoms with Crippen molar-refractivity contribution in [2.24, 2.45) is 0 Å². The van der Waals surface area contributed by atoms with E-state index in [0.29, 0.717) is 37.3 Å². The van der Waals surface area contributed by atoms with E-state index in [-0.39, 0.29) is 0 Å². The Morgan fingerprint density at radius 3 is 2.82 bits per heavy atom. The fraction of sp³-hybridized carbons (Fsp3) is 0.583. The van der Waals surface area contributed by atoms with Crippen LogP contribution in [0.15, 0.2) is 12.1 Å². The molecule has 0 fully saturated rings. The fourth-order valence-corrected chi connectivity index (χ4v) is 1.43. The Bertz CT molecular complexity index is 334. The second kappa shape index (κ2) is 8.28. The molecule has 0 aromatic carbocycles. The van der Waals surface area contributed by atoms with Gasteiger partial charge in [0.1, 0.15) is 6.61 Å². The van der Waals surface area contributed by atoms with Gasteiger partial charge in [-0.2, -0.15) is 0 Å². The van der Waals surface area contributed by atoms with Crippen molar-refractivity contribution in [3.8, 4) is 5.88 Å². The molecule has 1 N–H and O–H groups in total. The molecular weight excluding hydrogens is 240 g/mol. The van der Waals surface area contributed by atoms with Gasteiger partial charge in [-0.25, -0.2) is 4.98 Å². The van der Waals surface area contributed by atoms with E-state index >= 15 is 0 Å². The lowest BCUT2D eigenvalue weighted by molar-refractivity contribution is 0.108. The van der Waals surface area contributed by atoms with Crippen LogP contribution in [0.25, 0.3) is 0 Å². The van der Waals surface area contributed by atoms with Gasteiger partial charge in [0.15, 0.2) is 0 Å². The number of rotatable bonds is 8. The van der Waals surface area contributed by atoms with Crippen LogP contribution in [0.5, 0.6) is 5.88 Å². The van der Waals surface area contributed by atoms with Gasteiger partial charge >= 0.3 is 0 Å². The normalized spacial score (nSPS) is 10.5. The maximum absolute atomic E-state index is 6.03. The molecule has 1 aromatic heterocycles. The molecule has 0 aliphatic heterocycles. The zero-order chi connectivity index (χ0) is 12.5. The van der Waals surface area contributed by atoms with Gasteiger partial charge < -0.3 is 14.8 Å². The first-order chi connectivity index (χ1) is 8.27. The number of hydrogen-bond donors (Lipinski definition) is 1. The molecule has 0 atom stereocenters. The van der Waals surface area contributed by atoms with Gasteiger partial charge in [0.2, 0.25) is 5.88 Å². The lowest BCUT2D eigenvalue weighted by Gasteiger charge is -2.08. The predicted octanol–water partition coefficient (Wildman–Crippen LogP) is 2.26. The molecule has 1 rings (SSSR count). The minimum atomic E-state index is 0.503. The Balaban J connectivity index is 2.49. The van der Waals surface area contributed by atoms with Crippen molar-refractivity contribution in [2.75, 3.05) is 26.4 Å². The number of pyridine rings is 1. The van der Waals surface area contributed by atoms with Gasteiger partial charge in [0.25, 0.3) is 0 Å². The van der Waals surface area contributed by atoms with Crippen molar-refractivity contribution in [1.82, 2.24) is 10.3 Å². The molecule has 1 heterocycles. The topological polar surface area (TPSA) is 43.4 Å². The maximum Gasteiger partial charge on any atom is 0.213 e. The molecule has 96 valence electrons. The fourth-order valence-electron chi connectivity index (χ4n) is 1.26. The number of nitrogens with one attached hydrogen (secondary N) is 1. The SMILES string of the molecule is CCNCc1nc(OCCOCC)ccc1Cl. The number of nitrogens with zero attached hydrogens (tertiary/aromatic N) is 1. The molecule has 0 radical (unpaired) electrons. The highest BCUT2D eigenvalue weighted by Crippen LogP contribution is 2.17. The summed E-state index contributed by atoms with van der Waals surface area (Å²) in [6.45, 7) is 7.30. The largest absolute Gasteiger partial charge is 0.475 e. The molecule has 0 saturated heterocycles. The van der Waals surface area contributed by atoms with Crippen LogP contribution >= 0.6 is 11.6 Å². The summed E-state index contributed by atoms with van der Waals surface area (Å²) in [6.07, 6.45) is 0. The molecule has 5 heteroatoms. The van der Waals surface area contributed by atoms with Gasteiger partial charge in [-0.05, 0) is 19.5 Å². The van der Waals surface area contributed by atoms with Gasteiger partial charge in [-0.3, -0.25) is 0 Å². The van der Waals surface area contributed by atoms with Crippen LogP contribution in [0.1, 0.15) is 19.5 Å². The van der Waals surface area contributed by atoms with E-state index in [4.69, 9.17) is 21.1 Å². The molecule has 0 aliphatic rings. The van der Waals surface area contributed by atoms with E-state index in [1.807, 2.05) is 13.8 Å². The van der Waals surface area contributed by atoms with Crippen molar-refractivity contribution in [3.63, 3.8) is 0 Å². The van der Waals surface area contributed by atoms with Crippen molar-refractivity contribution in [2.45, 2.75) is 20.4 Å². The minimum absolute atomic E-state index is 0.503. The zero-order valence-electron chi connectivity index (χ0n) is 10.3. The summed E-state index contributed by atoms with van der Waals surface area (Å²) in [5.74, 6) is 0.585. The second-order valence-corrected chi connectivity index (χ2v) is 3.81. The number of aromatic nitrogens is 1. The van der Waals surface area contributed by atoms with Crippen molar-refractivity contribution < 1.29 is 9.47 Å². The van der Waals surface area contributed by atoms with E-state index in [0.717, 1.165) is 12.2 Å². The molecular formula is C12H19ClN2O2. The van der Waals surface area contributed by atoms with Crippen LogP contribution in [-0.4, -0.2) is 31.3 Å². The molecule has 0 spiro atoms. The third-order valence-electron chi connectivity index (χ3n) is 2.12. The Hall–Kier alpha value is -0.840. The second-order valence-electron chi connectivity index (χ2n) is 3.40. The van der Waals surface area contributed by atoms with E-state index in [9.17, 15) is 0 Å². The summed E-state index contributed by atoms with van der Waals surface area (Å²) in [7, 11) is 0. The molecule has 4 nitrogen and oxygen atoms in total. The van der Waals surface area contributed by atoms with E-state index < -0.39 is 0 Å². The highest BCUT2D eigenvalue weighted by molar-refractivity contribution is 6.31. The summed E-state index contributed by atoms with van der Waals surface area (Å²) in [4.78, 5) is 4.34. The third kappa shape index (κ3) is 5.35. The van der Waals surface area contributed by atoms with E-state index in [1.54, 1.807) is 12.1 Å². The van der Waals surface area contributed by atoms with E-state index in [2.05, 4.69) is 10.3 Å². The standard InChI is InChI=1S/C12H19ClN2O2/c1-3-14-9-11-10(13)5-6-12(15-11)17-8-7-16-4-2/h5-6,14H,3-4,7-9H2,1-2H3. The van der Waals surface area contributed by atoms with Gasteiger partial charge in [-0.15, -0.1) is 0 Å².